The minimum atomic E-state index is -3.70. The van der Waals surface area contributed by atoms with Crippen molar-refractivity contribution in [3.63, 3.8) is 0 Å². The highest BCUT2D eigenvalue weighted by molar-refractivity contribution is 7.92. The maximum Gasteiger partial charge on any atom is 0.323 e. The lowest BCUT2D eigenvalue weighted by molar-refractivity contribution is 0.262. The third-order valence-corrected chi connectivity index (χ3v) is 7.37. The smallest absolute Gasteiger partial charge is 0.323 e. The Labute approximate surface area is 197 Å². The van der Waals surface area contributed by atoms with Gasteiger partial charge in [0.25, 0.3) is 10.0 Å². The molecule has 0 fully saturated rings. The first-order chi connectivity index (χ1) is 15.8. The Morgan fingerprint density at radius 1 is 0.970 bits per heavy atom. The van der Waals surface area contributed by atoms with E-state index in [1.807, 2.05) is 6.07 Å². The van der Waals surface area contributed by atoms with Crippen molar-refractivity contribution in [1.29, 1.82) is 0 Å². The first-order valence-electron chi connectivity index (χ1n) is 10.0. The molecule has 0 aliphatic carbocycles. The molecule has 1 aliphatic rings. The fourth-order valence-electron chi connectivity index (χ4n) is 3.64. The Bertz CT molecular complexity index is 1300. The molecule has 0 radical (unpaired) electrons. The Morgan fingerprint density at radius 3 is 2.39 bits per heavy atom. The third kappa shape index (κ3) is 4.55. The molecule has 1 heterocycles. The lowest BCUT2D eigenvalue weighted by atomic mass is 10.1. The minimum Gasteiger partial charge on any atom is -0.495 e. The average Bonchev–Trinajstić information content (AvgIpc) is 3.24. The quantitative estimate of drug-likeness (QED) is 0.523. The highest BCUT2D eigenvalue weighted by atomic mass is 35.5. The number of carbonyl (C=O) groups is 1. The summed E-state index contributed by atoms with van der Waals surface area (Å²) in [6.07, 6.45) is 0.593. The van der Waals surface area contributed by atoms with E-state index in [4.69, 9.17) is 21.1 Å². The minimum absolute atomic E-state index is 0.220. The second-order valence-corrected chi connectivity index (χ2v) is 9.52. The molecule has 8 nitrogen and oxygen atoms in total. The molecule has 33 heavy (non-hydrogen) atoms. The Balaban J connectivity index is 1.55. The van der Waals surface area contributed by atoms with Crippen LogP contribution in [-0.4, -0.2) is 35.2 Å². The van der Waals surface area contributed by atoms with Gasteiger partial charge in [-0.1, -0.05) is 35.9 Å². The standard InChI is InChI=1S/C23H22ClN3O5S/c1-31-21-14-22(32-2)19(13-18(21)24)26-23(28)25-16-9-8-15-10-11-27(20(15)12-16)33(29,30)17-6-4-3-5-7-17/h3-9,12-14H,10-11H2,1-2H3,(H2,25,26,28). The SMILES string of the molecule is COc1cc(OC)c(NC(=O)Nc2ccc3c(c2)N(S(=O)(=O)c2ccccc2)CC3)cc1Cl. The molecule has 0 bridgehead atoms. The molecule has 0 aromatic heterocycles. The van der Waals surface area contributed by atoms with Gasteiger partial charge in [-0.15, -0.1) is 0 Å². The molecule has 10 heteroatoms. The fourth-order valence-corrected chi connectivity index (χ4v) is 5.40. The van der Waals surface area contributed by atoms with Crippen molar-refractivity contribution in [1.82, 2.24) is 0 Å². The summed E-state index contributed by atoms with van der Waals surface area (Å²) >= 11 is 6.16. The number of nitrogens with one attached hydrogen (secondary N) is 2. The van der Waals surface area contributed by atoms with Gasteiger partial charge in [0.2, 0.25) is 0 Å². The van der Waals surface area contributed by atoms with Crippen LogP contribution < -0.4 is 24.4 Å². The summed E-state index contributed by atoms with van der Waals surface area (Å²) in [6.45, 7) is 0.337. The van der Waals surface area contributed by atoms with Crippen molar-refractivity contribution >= 4 is 44.7 Å². The number of fused-ring (bicyclic) bond motifs is 1. The van der Waals surface area contributed by atoms with Crippen LogP contribution in [0.25, 0.3) is 0 Å². The molecule has 2 amide bonds. The lowest BCUT2D eigenvalue weighted by Gasteiger charge is -2.20. The van der Waals surface area contributed by atoms with E-state index < -0.39 is 16.1 Å². The van der Waals surface area contributed by atoms with E-state index in [1.54, 1.807) is 48.5 Å². The summed E-state index contributed by atoms with van der Waals surface area (Å²) in [5.41, 5.74) is 2.24. The largest absolute Gasteiger partial charge is 0.495 e. The van der Waals surface area contributed by atoms with Gasteiger partial charge in [0.1, 0.15) is 11.5 Å². The van der Waals surface area contributed by atoms with Crippen LogP contribution in [-0.2, 0) is 16.4 Å². The summed E-state index contributed by atoms with van der Waals surface area (Å²) in [7, 11) is -0.756. The van der Waals surface area contributed by atoms with Crippen molar-refractivity contribution in [2.75, 3.05) is 35.7 Å². The number of anilines is 3. The van der Waals surface area contributed by atoms with Gasteiger partial charge in [-0.25, -0.2) is 13.2 Å². The number of amides is 2. The van der Waals surface area contributed by atoms with Gasteiger partial charge < -0.3 is 20.1 Å². The molecule has 1 aliphatic heterocycles. The second kappa shape index (κ2) is 9.21. The number of ether oxygens (including phenoxy) is 2. The molecule has 0 atom stereocenters. The number of urea groups is 1. The summed E-state index contributed by atoms with van der Waals surface area (Å²) in [4.78, 5) is 12.9. The predicted octanol–water partition coefficient (Wildman–Crippen LogP) is 4.75. The van der Waals surface area contributed by atoms with E-state index >= 15 is 0 Å². The maximum absolute atomic E-state index is 13.1. The first-order valence-corrected chi connectivity index (χ1v) is 11.9. The zero-order chi connectivity index (χ0) is 23.6. The van der Waals surface area contributed by atoms with Gasteiger partial charge in [0.05, 0.1) is 35.5 Å². The topological polar surface area (TPSA) is 97.0 Å². The molecule has 0 saturated carbocycles. The fraction of sp³-hybridized carbons (Fsp3) is 0.174. The molecule has 2 N–H and O–H groups in total. The zero-order valence-electron chi connectivity index (χ0n) is 18.0. The summed E-state index contributed by atoms with van der Waals surface area (Å²) in [5, 5.41) is 5.73. The van der Waals surface area contributed by atoms with Crippen molar-refractivity contribution in [3.05, 3.63) is 71.2 Å². The molecule has 3 aromatic carbocycles. The third-order valence-electron chi connectivity index (χ3n) is 5.25. The van der Waals surface area contributed by atoms with Gasteiger partial charge in [-0.2, -0.15) is 0 Å². The van der Waals surface area contributed by atoms with Gasteiger partial charge >= 0.3 is 6.03 Å². The first kappa shape index (κ1) is 22.8. The molecular formula is C23H22ClN3O5S. The number of carbonyl (C=O) groups excluding carboxylic acids is 1. The van der Waals surface area contributed by atoms with Crippen LogP contribution in [0, 0.1) is 0 Å². The predicted molar refractivity (Wildman–Crippen MR) is 128 cm³/mol. The van der Waals surface area contributed by atoms with Crippen LogP contribution in [0.1, 0.15) is 5.56 Å². The van der Waals surface area contributed by atoms with Crippen LogP contribution in [0.3, 0.4) is 0 Å². The summed E-state index contributed by atoms with van der Waals surface area (Å²) in [5.74, 6) is 0.790. The van der Waals surface area contributed by atoms with Gasteiger partial charge in [0.15, 0.2) is 0 Å². The molecular weight excluding hydrogens is 466 g/mol. The van der Waals surface area contributed by atoms with Crippen molar-refractivity contribution in [2.24, 2.45) is 0 Å². The van der Waals surface area contributed by atoms with Gasteiger partial charge in [-0.3, -0.25) is 4.31 Å². The van der Waals surface area contributed by atoms with Crippen LogP contribution in [0.5, 0.6) is 11.5 Å². The van der Waals surface area contributed by atoms with E-state index in [0.717, 1.165) is 5.56 Å². The van der Waals surface area contributed by atoms with Crippen LogP contribution in [0.15, 0.2) is 65.6 Å². The van der Waals surface area contributed by atoms with Crippen molar-refractivity contribution < 1.29 is 22.7 Å². The molecule has 0 saturated heterocycles. The van der Waals surface area contributed by atoms with Crippen molar-refractivity contribution in [3.8, 4) is 11.5 Å². The van der Waals surface area contributed by atoms with E-state index in [0.29, 0.717) is 46.5 Å². The number of hydrogen-bond donors (Lipinski definition) is 2. The number of hydrogen-bond acceptors (Lipinski definition) is 5. The Hall–Kier alpha value is -3.43. The molecule has 0 unspecified atom stereocenters. The molecule has 0 spiro atoms. The highest BCUT2D eigenvalue weighted by Gasteiger charge is 2.31. The maximum atomic E-state index is 13.1. The van der Waals surface area contributed by atoms with Crippen LogP contribution in [0.2, 0.25) is 5.02 Å². The number of halogens is 1. The molecule has 3 aromatic rings. The number of benzene rings is 3. The Morgan fingerprint density at radius 2 is 1.70 bits per heavy atom. The molecule has 172 valence electrons. The number of rotatable bonds is 6. The monoisotopic (exact) mass is 487 g/mol. The Kier molecular flexibility index (Phi) is 6.35. The molecule has 4 rings (SSSR count). The van der Waals surface area contributed by atoms with Crippen LogP contribution in [0.4, 0.5) is 21.9 Å². The van der Waals surface area contributed by atoms with E-state index in [9.17, 15) is 13.2 Å². The lowest BCUT2D eigenvalue weighted by Crippen LogP contribution is -2.29. The van der Waals surface area contributed by atoms with E-state index in [-0.39, 0.29) is 4.90 Å². The number of methoxy groups -OCH3 is 2. The van der Waals surface area contributed by atoms with E-state index in [1.165, 1.54) is 24.6 Å². The normalized spacial score (nSPS) is 12.8. The van der Waals surface area contributed by atoms with E-state index in [2.05, 4.69) is 10.6 Å². The van der Waals surface area contributed by atoms with Gasteiger partial charge in [-0.05, 0) is 42.3 Å². The summed E-state index contributed by atoms with van der Waals surface area (Å²) < 4.78 is 38.1. The van der Waals surface area contributed by atoms with Gasteiger partial charge in [0, 0.05) is 18.3 Å². The second-order valence-electron chi connectivity index (χ2n) is 7.25. The highest BCUT2D eigenvalue weighted by Crippen LogP contribution is 2.37. The average molecular weight is 488 g/mol. The number of sulfonamides is 1. The zero-order valence-corrected chi connectivity index (χ0v) is 19.5. The van der Waals surface area contributed by atoms with Crippen LogP contribution >= 0.6 is 11.6 Å². The number of nitrogens with zero attached hydrogens (tertiary/aromatic N) is 1. The summed E-state index contributed by atoms with van der Waals surface area (Å²) in [6, 6.07) is 16.0. The van der Waals surface area contributed by atoms with Crippen molar-refractivity contribution in [2.45, 2.75) is 11.3 Å².